The van der Waals surface area contributed by atoms with Gasteiger partial charge >= 0.3 is 0 Å². The number of hydrogen-bond donors (Lipinski definition) is 2. The fraction of sp³-hybridized carbons (Fsp3) is 0.118. The summed E-state index contributed by atoms with van der Waals surface area (Å²) in [4.78, 5) is 11.8. The molecule has 0 saturated heterocycles. The van der Waals surface area contributed by atoms with Gasteiger partial charge in [-0.1, -0.05) is 0 Å². The van der Waals surface area contributed by atoms with E-state index in [2.05, 4.69) is 20.8 Å². The summed E-state index contributed by atoms with van der Waals surface area (Å²) in [6.45, 7) is 0.700. The van der Waals surface area contributed by atoms with Gasteiger partial charge < -0.3 is 15.2 Å². The summed E-state index contributed by atoms with van der Waals surface area (Å²) >= 11 is 0. The molecule has 3 rings (SSSR count). The number of carbonyl (C=O) groups excluding carboxylic acids is 1. The molecular weight excluding hydrogens is 328 g/mol. The highest BCUT2D eigenvalue weighted by Crippen LogP contribution is 2.09. The van der Waals surface area contributed by atoms with Crippen molar-refractivity contribution in [1.82, 2.24) is 20.1 Å². The zero-order chi connectivity index (χ0) is 17.6. The van der Waals surface area contributed by atoms with Gasteiger partial charge in [-0.3, -0.25) is 4.79 Å². The molecule has 0 radical (unpaired) electrons. The maximum Gasteiger partial charge on any atom is 0.251 e. The van der Waals surface area contributed by atoms with Crippen LogP contribution in [0.2, 0.25) is 0 Å². The average molecular weight is 343 g/mol. The molecule has 2 N–H and O–H groups in total. The van der Waals surface area contributed by atoms with Gasteiger partial charge in [-0.2, -0.15) is 0 Å². The summed E-state index contributed by atoms with van der Waals surface area (Å²) < 4.78 is 27.8. The van der Waals surface area contributed by atoms with Crippen LogP contribution >= 0.6 is 0 Å². The largest absolute Gasteiger partial charge is 0.367 e. The van der Waals surface area contributed by atoms with Gasteiger partial charge in [0, 0.05) is 31.0 Å². The summed E-state index contributed by atoms with van der Waals surface area (Å²) in [6, 6.07) is 10.4. The van der Waals surface area contributed by atoms with Crippen molar-refractivity contribution in [2.45, 2.75) is 0 Å². The van der Waals surface area contributed by atoms with Crippen molar-refractivity contribution >= 4 is 11.7 Å². The number of nitrogens with zero attached hydrogens (tertiary/aromatic N) is 3. The molecule has 0 saturated carbocycles. The van der Waals surface area contributed by atoms with Crippen molar-refractivity contribution in [1.29, 1.82) is 0 Å². The van der Waals surface area contributed by atoms with Crippen LogP contribution in [0.15, 0.2) is 54.9 Å². The van der Waals surface area contributed by atoms with Crippen LogP contribution in [-0.2, 0) is 0 Å². The fourth-order valence-corrected chi connectivity index (χ4v) is 2.15. The Morgan fingerprint density at radius 3 is 2.48 bits per heavy atom. The summed E-state index contributed by atoms with van der Waals surface area (Å²) in [5, 5.41) is 13.8. The molecule has 3 aromatic rings. The molecule has 2 heterocycles. The van der Waals surface area contributed by atoms with Crippen molar-refractivity contribution in [3.63, 3.8) is 0 Å². The molecule has 1 aromatic carbocycles. The first kappa shape index (κ1) is 16.6. The maximum atomic E-state index is 13.1. The van der Waals surface area contributed by atoms with Gasteiger partial charge in [0.15, 0.2) is 17.5 Å². The summed E-state index contributed by atoms with van der Waals surface area (Å²) in [5.74, 6) is -1.25. The minimum absolute atomic E-state index is 0.0646. The SMILES string of the molecule is O=C(NCCNc1ccc(-n2cccc2)nn1)c1ccc(F)c(F)c1. The van der Waals surface area contributed by atoms with E-state index in [9.17, 15) is 13.6 Å². The van der Waals surface area contributed by atoms with E-state index in [1.807, 2.05) is 35.2 Å². The number of anilines is 1. The minimum atomic E-state index is -1.05. The third kappa shape index (κ3) is 4.17. The van der Waals surface area contributed by atoms with Crippen molar-refractivity contribution in [2.75, 3.05) is 18.4 Å². The molecule has 0 atom stereocenters. The predicted octanol–water partition coefficient (Wildman–Crippen LogP) is 2.39. The third-order valence-corrected chi connectivity index (χ3v) is 3.42. The highest BCUT2D eigenvalue weighted by Gasteiger charge is 2.09. The van der Waals surface area contributed by atoms with E-state index in [0.717, 1.165) is 12.1 Å². The van der Waals surface area contributed by atoms with Gasteiger partial charge in [0.2, 0.25) is 0 Å². The molecule has 0 aliphatic rings. The zero-order valence-corrected chi connectivity index (χ0v) is 13.1. The van der Waals surface area contributed by atoms with Gasteiger partial charge in [0.25, 0.3) is 5.91 Å². The molecule has 0 spiro atoms. The highest BCUT2D eigenvalue weighted by molar-refractivity contribution is 5.94. The summed E-state index contributed by atoms with van der Waals surface area (Å²) in [6.07, 6.45) is 3.73. The maximum absolute atomic E-state index is 13.1. The van der Waals surface area contributed by atoms with Gasteiger partial charge in [-0.05, 0) is 42.5 Å². The van der Waals surface area contributed by atoms with Crippen LogP contribution in [0.25, 0.3) is 5.82 Å². The van der Waals surface area contributed by atoms with E-state index < -0.39 is 17.5 Å². The summed E-state index contributed by atoms with van der Waals surface area (Å²) in [5.41, 5.74) is 0.0646. The topological polar surface area (TPSA) is 71.8 Å². The number of amides is 1. The van der Waals surface area contributed by atoms with Crippen molar-refractivity contribution in [3.05, 3.63) is 72.1 Å². The lowest BCUT2D eigenvalue weighted by Crippen LogP contribution is -2.29. The standard InChI is InChI=1S/C17H15F2N5O/c18-13-4-3-12(11-14(13)19)17(25)21-8-7-20-15-5-6-16(23-22-15)24-9-1-2-10-24/h1-6,9-11H,7-8H2,(H,20,22)(H,21,25). The average Bonchev–Trinajstić information content (AvgIpc) is 3.16. The van der Waals surface area contributed by atoms with Crippen LogP contribution in [0.5, 0.6) is 0 Å². The van der Waals surface area contributed by atoms with E-state index in [1.165, 1.54) is 6.07 Å². The first-order valence-corrected chi connectivity index (χ1v) is 7.58. The van der Waals surface area contributed by atoms with Crippen LogP contribution in [0, 0.1) is 11.6 Å². The van der Waals surface area contributed by atoms with Crippen molar-refractivity contribution < 1.29 is 13.6 Å². The molecule has 8 heteroatoms. The van der Waals surface area contributed by atoms with E-state index in [-0.39, 0.29) is 5.56 Å². The van der Waals surface area contributed by atoms with Crippen LogP contribution < -0.4 is 10.6 Å². The highest BCUT2D eigenvalue weighted by atomic mass is 19.2. The van der Waals surface area contributed by atoms with Crippen molar-refractivity contribution in [3.8, 4) is 5.82 Å². The third-order valence-electron chi connectivity index (χ3n) is 3.42. The Morgan fingerprint density at radius 1 is 1.00 bits per heavy atom. The number of hydrogen-bond acceptors (Lipinski definition) is 4. The van der Waals surface area contributed by atoms with E-state index in [1.54, 1.807) is 6.07 Å². The van der Waals surface area contributed by atoms with Crippen LogP contribution in [0.3, 0.4) is 0 Å². The Labute approximate surface area is 142 Å². The molecule has 0 aliphatic heterocycles. The minimum Gasteiger partial charge on any atom is -0.367 e. The number of nitrogens with one attached hydrogen (secondary N) is 2. The molecule has 25 heavy (non-hydrogen) atoms. The van der Waals surface area contributed by atoms with Gasteiger partial charge in [-0.15, -0.1) is 10.2 Å². The lowest BCUT2D eigenvalue weighted by molar-refractivity contribution is 0.0954. The number of benzene rings is 1. The molecule has 0 fully saturated rings. The second-order valence-corrected chi connectivity index (χ2v) is 5.18. The normalized spacial score (nSPS) is 10.5. The molecule has 0 unspecified atom stereocenters. The molecule has 0 aliphatic carbocycles. The Morgan fingerprint density at radius 2 is 1.80 bits per heavy atom. The van der Waals surface area contributed by atoms with Crippen LogP contribution in [0.4, 0.5) is 14.6 Å². The quantitative estimate of drug-likeness (QED) is 0.674. The van der Waals surface area contributed by atoms with Gasteiger partial charge in [-0.25, -0.2) is 8.78 Å². The van der Waals surface area contributed by atoms with E-state index in [4.69, 9.17) is 0 Å². The molecule has 2 aromatic heterocycles. The monoisotopic (exact) mass is 343 g/mol. The van der Waals surface area contributed by atoms with Crippen LogP contribution in [0.1, 0.15) is 10.4 Å². The molecule has 128 valence electrons. The van der Waals surface area contributed by atoms with Gasteiger partial charge in [0.1, 0.15) is 5.82 Å². The Bertz CT molecular complexity index is 850. The fourth-order valence-electron chi connectivity index (χ4n) is 2.15. The number of rotatable bonds is 6. The van der Waals surface area contributed by atoms with E-state index in [0.29, 0.717) is 24.7 Å². The lowest BCUT2D eigenvalue weighted by atomic mass is 10.2. The predicted molar refractivity (Wildman–Crippen MR) is 88.5 cm³/mol. The molecular formula is C17H15F2N5O. The zero-order valence-electron chi connectivity index (χ0n) is 13.1. The van der Waals surface area contributed by atoms with E-state index >= 15 is 0 Å². The Kier molecular flexibility index (Phi) is 4.98. The Balaban J connectivity index is 1.46. The first-order valence-electron chi connectivity index (χ1n) is 7.58. The molecule has 0 bridgehead atoms. The smallest absolute Gasteiger partial charge is 0.251 e. The first-order chi connectivity index (χ1) is 12.1. The van der Waals surface area contributed by atoms with Crippen molar-refractivity contribution in [2.24, 2.45) is 0 Å². The number of aromatic nitrogens is 3. The number of halogens is 2. The molecule has 6 nitrogen and oxygen atoms in total. The second kappa shape index (κ2) is 7.52. The lowest BCUT2D eigenvalue weighted by Gasteiger charge is -2.08. The molecule has 1 amide bonds. The Hall–Kier alpha value is -3.29. The summed E-state index contributed by atoms with van der Waals surface area (Å²) in [7, 11) is 0. The second-order valence-electron chi connectivity index (χ2n) is 5.18. The van der Waals surface area contributed by atoms with Gasteiger partial charge in [0.05, 0.1) is 0 Å². The van der Waals surface area contributed by atoms with Crippen LogP contribution in [-0.4, -0.2) is 33.8 Å². The number of carbonyl (C=O) groups is 1.